The van der Waals surface area contributed by atoms with Gasteiger partial charge in [-0.05, 0) is 56.7 Å². The Bertz CT molecular complexity index is 743. The quantitative estimate of drug-likeness (QED) is 0.640. The van der Waals surface area contributed by atoms with E-state index in [1.807, 2.05) is 49.9 Å². The zero-order valence-corrected chi connectivity index (χ0v) is 18.6. The van der Waals surface area contributed by atoms with Crippen molar-refractivity contribution in [3.63, 3.8) is 0 Å². The number of rotatable bonds is 7. The average Bonchev–Trinajstić information content (AvgIpc) is 2.60. The molecular weight excluding hydrogens is 382 g/mol. The molecule has 152 valence electrons. The van der Waals surface area contributed by atoms with Crippen molar-refractivity contribution in [2.45, 2.75) is 71.2 Å². The molecule has 1 heterocycles. The topological polar surface area (TPSA) is 54.5 Å². The van der Waals surface area contributed by atoms with Gasteiger partial charge in [0.05, 0.1) is 17.0 Å². The molecule has 0 saturated carbocycles. The Morgan fingerprint density at radius 2 is 1.70 bits per heavy atom. The molecule has 2 rings (SSSR count). The molecule has 3 atom stereocenters. The molecule has 0 aromatic heterocycles. The van der Waals surface area contributed by atoms with E-state index in [1.54, 1.807) is 13.8 Å². The maximum absolute atomic E-state index is 13.3. The lowest BCUT2D eigenvalue weighted by atomic mass is 9.84. The fourth-order valence-corrected chi connectivity index (χ4v) is 5.33. The van der Waals surface area contributed by atoms with Gasteiger partial charge >= 0.3 is 0 Å². The van der Waals surface area contributed by atoms with Gasteiger partial charge in [0.25, 0.3) is 0 Å². The van der Waals surface area contributed by atoms with E-state index in [-0.39, 0.29) is 35.6 Å². The number of benzene rings is 1. The molecule has 0 bridgehead atoms. The van der Waals surface area contributed by atoms with Gasteiger partial charge in [-0.25, -0.2) is 8.42 Å². The first-order valence-corrected chi connectivity index (χ1v) is 12.0. The fraction of sp³-hybridized carbons (Fsp3) is 0.667. The number of nitrogens with zero attached hydrogens (tertiary/aromatic N) is 1. The van der Waals surface area contributed by atoms with Crippen molar-refractivity contribution in [1.29, 1.82) is 0 Å². The molecule has 1 fully saturated rings. The highest BCUT2D eigenvalue weighted by Gasteiger charge is 2.41. The highest BCUT2D eigenvalue weighted by Crippen LogP contribution is 2.39. The molecule has 6 heteroatoms. The first-order chi connectivity index (χ1) is 12.6. The van der Waals surface area contributed by atoms with E-state index < -0.39 is 15.1 Å². The van der Waals surface area contributed by atoms with Gasteiger partial charge in [-0.15, -0.1) is 0 Å². The average molecular weight is 414 g/mol. The predicted octanol–water partition coefficient (Wildman–Crippen LogP) is 4.88. The van der Waals surface area contributed by atoms with Crippen LogP contribution in [-0.4, -0.2) is 36.3 Å². The zero-order chi connectivity index (χ0) is 20.4. The summed E-state index contributed by atoms with van der Waals surface area (Å²) in [6, 6.07) is 7.13. The second-order valence-corrected chi connectivity index (χ2v) is 11.2. The van der Waals surface area contributed by atoms with E-state index in [0.29, 0.717) is 5.02 Å². The Morgan fingerprint density at radius 1 is 1.11 bits per heavy atom. The third-order valence-electron chi connectivity index (χ3n) is 5.72. The number of carbonyl (C=O) groups excluding carboxylic acids is 1. The number of hydrogen-bond acceptors (Lipinski definition) is 3. The molecule has 0 aliphatic carbocycles. The molecule has 1 saturated heterocycles. The highest BCUT2D eigenvalue weighted by molar-refractivity contribution is 7.92. The van der Waals surface area contributed by atoms with Gasteiger partial charge in [0, 0.05) is 17.0 Å². The molecule has 1 aromatic carbocycles. The van der Waals surface area contributed by atoms with Crippen molar-refractivity contribution in [3.05, 3.63) is 34.9 Å². The summed E-state index contributed by atoms with van der Waals surface area (Å²) in [5.74, 6) is 0.111. The van der Waals surface area contributed by atoms with Gasteiger partial charge in [-0.3, -0.25) is 4.79 Å². The predicted molar refractivity (Wildman–Crippen MR) is 112 cm³/mol. The van der Waals surface area contributed by atoms with E-state index >= 15 is 0 Å². The SMILES string of the molecule is CCC1CCC(c2ccc(Cl)cc2)N(C(CS(=O)(=O)C(C)C)C(C)C)C1=O. The summed E-state index contributed by atoms with van der Waals surface area (Å²) in [7, 11) is -3.27. The molecule has 1 aliphatic rings. The van der Waals surface area contributed by atoms with Gasteiger partial charge in [0.15, 0.2) is 9.84 Å². The van der Waals surface area contributed by atoms with Crippen LogP contribution in [0.4, 0.5) is 0 Å². The Balaban J connectivity index is 2.47. The van der Waals surface area contributed by atoms with Crippen molar-refractivity contribution in [3.8, 4) is 0 Å². The van der Waals surface area contributed by atoms with Gasteiger partial charge in [-0.1, -0.05) is 44.5 Å². The van der Waals surface area contributed by atoms with Crippen molar-refractivity contribution in [2.75, 3.05) is 5.75 Å². The van der Waals surface area contributed by atoms with Gasteiger partial charge in [0.2, 0.25) is 5.91 Å². The fourth-order valence-electron chi connectivity index (χ4n) is 3.80. The van der Waals surface area contributed by atoms with Crippen LogP contribution in [0.2, 0.25) is 5.02 Å². The van der Waals surface area contributed by atoms with Crippen LogP contribution < -0.4 is 0 Å². The standard InChI is InChI=1S/C21H32ClNO3S/c1-6-16-9-12-19(17-7-10-18(22)11-8-17)23(21(16)24)20(14(2)3)13-27(25,26)15(4)5/h7-8,10-11,14-16,19-20H,6,9,12-13H2,1-5H3. The second-order valence-electron chi connectivity index (χ2n) is 8.19. The Kier molecular flexibility index (Phi) is 7.37. The van der Waals surface area contributed by atoms with Crippen LogP contribution in [0.15, 0.2) is 24.3 Å². The lowest BCUT2D eigenvalue weighted by Crippen LogP contribution is -2.53. The van der Waals surface area contributed by atoms with Crippen LogP contribution in [0.1, 0.15) is 65.5 Å². The Hall–Kier alpha value is -1.07. The number of amides is 1. The van der Waals surface area contributed by atoms with Gasteiger partial charge in [-0.2, -0.15) is 0 Å². The Labute approximate surface area is 169 Å². The molecule has 1 aromatic rings. The van der Waals surface area contributed by atoms with E-state index in [4.69, 9.17) is 11.6 Å². The molecule has 1 amide bonds. The maximum atomic E-state index is 13.3. The summed E-state index contributed by atoms with van der Waals surface area (Å²) in [5, 5.41) is 0.205. The molecule has 4 nitrogen and oxygen atoms in total. The number of hydrogen-bond donors (Lipinski definition) is 0. The molecule has 3 unspecified atom stereocenters. The van der Waals surface area contributed by atoms with E-state index in [1.165, 1.54) is 0 Å². The number of carbonyl (C=O) groups is 1. The zero-order valence-electron chi connectivity index (χ0n) is 17.0. The molecular formula is C21H32ClNO3S. The molecule has 0 spiro atoms. The lowest BCUT2D eigenvalue weighted by Gasteiger charge is -2.45. The lowest BCUT2D eigenvalue weighted by molar-refractivity contribution is -0.146. The smallest absolute Gasteiger partial charge is 0.226 e. The summed E-state index contributed by atoms with van der Waals surface area (Å²) in [4.78, 5) is 15.2. The summed E-state index contributed by atoms with van der Waals surface area (Å²) in [6.45, 7) is 9.44. The third kappa shape index (κ3) is 5.05. The minimum atomic E-state index is -3.27. The minimum absolute atomic E-state index is 0.00853. The van der Waals surface area contributed by atoms with Crippen LogP contribution in [0.25, 0.3) is 0 Å². The number of likely N-dealkylation sites (tertiary alicyclic amines) is 1. The van der Waals surface area contributed by atoms with E-state index in [9.17, 15) is 13.2 Å². The molecule has 1 aliphatic heterocycles. The summed E-state index contributed by atoms with van der Waals surface area (Å²) < 4.78 is 25.4. The maximum Gasteiger partial charge on any atom is 0.226 e. The van der Waals surface area contributed by atoms with Gasteiger partial charge < -0.3 is 4.90 Å². The third-order valence-corrected chi connectivity index (χ3v) is 8.22. The first-order valence-electron chi connectivity index (χ1n) is 9.87. The first kappa shape index (κ1) is 22.2. The second kappa shape index (κ2) is 8.95. The number of piperidine rings is 1. The van der Waals surface area contributed by atoms with Crippen molar-refractivity contribution < 1.29 is 13.2 Å². The summed E-state index contributed by atoms with van der Waals surface area (Å²) in [5.41, 5.74) is 1.02. The number of sulfone groups is 1. The van der Waals surface area contributed by atoms with Gasteiger partial charge in [0.1, 0.15) is 0 Å². The van der Waals surface area contributed by atoms with Crippen molar-refractivity contribution in [1.82, 2.24) is 4.90 Å². The normalized spacial score (nSPS) is 22.5. The van der Waals surface area contributed by atoms with Crippen molar-refractivity contribution >= 4 is 27.3 Å². The minimum Gasteiger partial charge on any atom is -0.331 e. The van der Waals surface area contributed by atoms with Crippen LogP contribution in [0.5, 0.6) is 0 Å². The van der Waals surface area contributed by atoms with Crippen LogP contribution in [-0.2, 0) is 14.6 Å². The van der Waals surface area contributed by atoms with E-state index in [0.717, 1.165) is 24.8 Å². The number of halogens is 1. The van der Waals surface area contributed by atoms with Crippen molar-refractivity contribution in [2.24, 2.45) is 11.8 Å². The van der Waals surface area contributed by atoms with E-state index in [2.05, 4.69) is 0 Å². The highest BCUT2D eigenvalue weighted by atomic mass is 35.5. The molecule has 0 radical (unpaired) electrons. The monoisotopic (exact) mass is 413 g/mol. The largest absolute Gasteiger partial charge is 0.331 e. The van der Waals surface area contributed by atoms with Crippen LogP contribution in [0.3, 0.4) is 0 Å². The molecule has 0 N–H and O–H groups in total. The van der Waals surface area contributed by atoms with Crippen LogP contribution in [0, 0.1) is 11.8 Å². The molecule has 27 heavy (non-hydrogen) atoms. The summed E-state index contributed by atoms with van der Waals surface area (Å²) in [6.07, 6.45) is 2.46. The van der Waals surface area contributed by atoms with Crippen LogP contribution >= 0.6 is 11.6 Å². The Morgan fingerprint density at radius 3 is 2.19 bits per heavy atom. The summed E-state index contributed by atoms with van der Waals surface area (Å²) >= 11 is 6.04.